The number of hydrogen-bond donors (Lipinski definition) is 1. The number of aliphatic hydroxyl groups excluding tert-OH is 1. The van der Waals surface area contributed by atoms with E-state index in [1.807, 2.05) is 13.0 Å². The summed E-state index contributed by atoms with van der Waals surface area (Å²) in [6.45, 7) is 3.92. The van der Waals surface area contributed by atoms with Gasteiger partial charge in [-0.25, -0.2) is 8.42 Å². The Morgan fingerprint density at radius 1 is 1.35 bits per heavy atom. The van der Waals surface area contributed by atoms with Crippen molar-refractivity contribution in [3.8, 4) is 6.07 Å². The number of nitriles is 1. The number of rotatable bonds is 7. The molecule has 0 aliphatic rings. The number of benzene rings is 1. The molecule has 110 valence electrons. The predicted octanol–water partition coefficient (Wildman–Crippen LogP) is 1.65. The zero-order valence-electron chi connectivity index (χ0n) is 11.8. The summed E-state index contributed by atoms with van der Waals surface area (Å²) in [5, 5.41) is 17.9. The standard InChI is InChI=1S/C14H20N2O3S/c1-3-4-7-16(8-9-17)20(18,19)14-6-5-13(11-15)10-12(14)2/h5-6,10,17H,3-4,7-9H2,1-2H3. The van der Waals surface area contributed by atoms with E-state index in [0.29, 0.717) is 17.7 Å². The minimum Gasteiger partial charge on any atom is -0.395 e. The first-order valence-corrected chi connectivity index (χ1v) is 8.03. The molecule has 6 heteroatoms. The Hall–Kier alpha value is -1.42. The molecule has 0 unspecified atom stereocenters. The fraction of sp³-hybridized carbons (Fsp3) is 0.500. The summed E-state index contributed by atoms with van der Waals surface area (Å²) in [6.07, 6.45) is 1.62. The lowest BCUT2D eigenvalue weighted by molar-refractivity contribution is 0.252. The van der Waals surface area contributed by atoms with Crippen LogP contribution in [0.3, 0.4) is 0 Å². The highest BCUT2D eigenvalue weighted by molar-refractivity contribution is 7.89. The van der Waals surface area contributed by atoms with Gasteiger partial charge in [0.05, 0.1) is 23.1 Å². The van der Waals surface area contributed by atoms with E-state index in [2.05, 4.69) is 0 Å². The molecule has 0 fully saturated rings. The molecule has 0 saturated carbocycles. The third kappa shape index (κ3) is 3.79. The van der Waals surface area contributed by atoms with Gasteiger partial charge in [-0.3, -0.25) is 0 Å². The summed E-state index contributed by atoms with van der Waals surface area (Å²) in [5.74, 6) is 0. The number of nitrogens with zero attached hydrogens (tertiary/aromatic N) is 2. The molecular formula is C14H20N2O3S. The molecule has 1 aromatic rings. The van der Waals surface area contributed by atoms with Crippen molar-refractivity contribution in [1.29, 1.82) is 5.26 Å². The van der Waals surface area contributed by atoms with Crippen molar-refractivity contribution in [3.05, 3.63) is 29.3 Å². The lowest BCUT2D eigenvalue weighted by Gasteiger charge is -2.22. The number of hydrogen-bond acceptors (Lipinski definition) is 4. The van der Waals surface area contributed by atoms with Gasteiger partial charge >= 0.3 is 0 Å². The molecule has 0 heterocycles. The van der Waals surface area contributed by atoms with Crippen LogP contribution in [0.15, 0.2) is 23.1 Å². The SMILES string of the molecule is CCCCN(CCO)S(=O)(=O)c1ccc(C#N)cc1C. The molecule has 0 aliphatic carbocycles. The maximum Gasteiger partial charge on any atom is 0.243 e. The third-order valence-corrected chi connectivity index (χ3v) is 5.09. The Bertz CT molecular complexity index is 591. The summed E-state index contributed by atoms with van der Waals surface area (Å²) in [5.41, 5.74) is 0.979. The van der Waals surface area contributed by atoms with Crippen molar-refractivity contribution in [2.75, 3.05) is 19.7 Å². The molecule has 0 saturated heterocycles. The molecule has 5 nitrogen and oxygen atoms in total. The van der Waals surface area contributed by atoms with Crippen molar-refractivity contribution in [3.63, 3.8) is 0 Å². The van der Waals surface area contributed by atoms with Crippen LogP contribution in [0.2, 0.25) is 0 Å². The second-order valence-electron chi connectivity index (χ2n) is 4.57. The van der Waals surface area contributed by atoms with Gasteiger partial charge in [0.25, 0.3) is 0 Å². The van der Waals surface area contributed by atoms with Gasteiger partial charge in [0.2, 0.25) is 10.0 Å². The summed E-state index contributed by atoms with van der Waals surface area (Å²) in [4.78, 5) is 0.195. The van der Waals surface area contributed by atoms with E-state index in [-0.39, 0.29) is 18.0 Å². The van der Waals surface area contributed by atoms with E-state index in [0.717, 1.165) is 12.8 Å². The van der Waals surface area contributed by atoms with Crippen molar-refractivity contribution < 1.29 is 13.5 Å². The smallest absolute Gasteiger partial charge is 0.243 e. The highest BCUT2D eigenvalue weighted by Gasteiger charge is 2.25. The minimum absolute atomic E-state index is 0.0851. The van der Waals surface area contributed by atoms with Gasteiger partial charge in [-0.2, -0.15) is 9.57 Å². The van der Waals surface area contributed by atoms with Crippen molar-refractivity contribution in [2.24, 2.45) is 0 Å². The number of aliphatic hydroxyl groups is 1. The van der Waals surface area contributed by atoms with Crippen LogP contribution in [-0.4, -0.2) is 37.5 Å². The van der Waals surface area contributed by atoms with Crippen LogP contribution in [-0.2, 0) is 10.0 Å². The molecule has 0 radical (unpaired) electrons. The molecule has 0 aromatic heterocycles. The van der Waals surface area contributed by atoms with Crippen LogP contribution in [0.25, 0.3) is 0 Å². The van der Waals surface area contributed by atoms with Gasteiger partial charge < -0.3 is 5.11 Å². The lowest BCUT2D eigenvalue weighted by atomic mass is 10.2. The van der Waals surface area contributed by atoms with Crippen LogP contribution in [0.1, 0.15) is 30.9 Å². The number of aryl methyl sites for hydroxylation is 1. The Labute approximate surface area is 120 Å². The average molecular weight is 296 g/mol. The summed E-state index contributed by atoms with van der Waals surface area (Å²) < 4.78 is 26.5. The van der Waals surface area contributed by atoms with E-state index < -0.39 is 10.0 Å². The first-order valence-electron chi connectivity index (χ1n) is 6.59. The predicted molar refractivity (Wildman–Crippen MR) is 76.6 cm³/mol. The maximum absolute atomic E-state index is 12.6. The van der Waals surface area contributed by atoms with Crippen LogP contribution in [0, 0.1) is 18.3 Å². The Morgan fingerprint density at radius 2 is 2.05 bits per heavy atom. The van der Waals surface area contributed by atoms with Gasteiger partial charge in [0, 0.05) is 13.1 Å². The van der Waals surface area contributed by atoms with Gasteiger partial charge in [0.1, 0.15) is 0 Å². The van der Waals surface area contributed by atoms with E-state index >= 15 is 0 Å². The van der Waals surface area contributed by atoms with Crippen LogP contribution < -0.4 is 0 Å². The molecule has 0 spiro atoms. The fourth-order valence-electron chi connectivity index (χ4n) is 1.95. The topological polar surface area (TPSA) is 81.4 Å². The molecule has 0 bridgehead atoms. The third-order valence-electron chi connectivity index (χ3n) is 3.03. The summed E-state index contributed by atoms with van der Waals surface area (Å²) >= 11 is 0. The Morgan fingerprint density at radius 3 is 2.55 bits per heavy atom. The van der Waals surface area contributed by atoms with E-state index in [4.69, 9.17) is 10.4 Å². The monoisotopic (exact) mass is 296 g/mol. The highest BCUT2D eigenvalue weighted by Crippen LogP contribution is 2.21. The minimum atomic E-state index is -3.63. The van der Waals surface area contributed by atoms with Gasteiger partial charge in [-0.15, -0.1) is 0 Å². The first-order chi connectivity index (χ1) is 9.47. The van der Waals surface area contributed by atoms with E-state index in [1.165, 1.54) is 16.4 Å². The highest BCUT2D eigenvalue weighted by atomic mass is 32.2. The second kappa shape index (κ2) is 7.39. The Kier molecular flexibility index (Phi) is 6.14. The molecule has 1 N–H and O–H groups in total. The molecule has 0 aliphatic heterocycles. The fourth-order valence-corrected chi connectivity index (χ4v) is 3.62. The Balaban J connectivity index is 3.16. The quantitative estimate of drug-likeness (QED) is 0.829. The molecule has 0 atom stereocenters. The molecule has 1 rings (SSSR count). The summed E-state index contributed by atoms with van der Waals surface area (Å²) in [6, 6.07) is 6.50. The molecule has 0 amide bonds. The number of sulfonamides is 1. The molecular weight excluding hydrogens is 276 g/mol. The van der Waals surface area contributed by atoms with Gasteiger partial charge in [-0.1, -0.05) is 13.3 Å². The zero-order chi connectivity index (χ0) is 15.2. The van der Waals surface area contributed by atoms with Gasteiger partial charge in [0.15, 0.2) is 0 Å². The largest absolute Gasteiger partial charge is 0.395 e. The second-order valence-corrected chi connectivity index (χ2v) is 6.48. The van der Waals surface area contributed by atoms with E-state index in [1.54, 1.807) is 13.0 Å². The first kappa shape index (κ1) is 16.6. The van der Waals surface area contributed by atoms with Crippen LogP contribution >= 0.6 is 0 Å². The van der Waals surface area contributed by atoms with Crippen LogP contribution in [0.5, 0.6) is 0 Å². The maximum atomic E-state index is 12.6. The molecule has 20 heavy (non-hydrogen) atoms. The zero-order valence-corrected chi connectivity index (χ0v) is 12.7. The average Bonchev–Trinajstić information content (AvgIpc) is 2.42. The van der Waals surface area contributed by atoms with Crippen LogP contribution in [0.4, 0.5) is 0 Å². The molecule has 1 aromatic carbocycles. The number of unbranched alkanes of at least 4 members (excludes halogenated alkanes) is 1. The normalized spacial score (nSPS) is 11.6. The van der Waals surface area contributed by atoms with E-state index in [9.17, 15) is 8.42 Å². The van der Waals surface area contributed by atoms with Crippen molar-refractivity contribution in [1.82, 2.24) is 4.31 Å². The lowest BCUT2D eigenvalue weighted by Crippen LogP contribution is -2.34. The van der Waals surface area contributed by atoms with Gasteiger partial charge in [-0.05, 0) is 37.1 Å². The van der Waals surface area contributed by atoms with Crippen molar-refractivity contribution in [2.45, 2.75) is 31.6 Å². The summed E-state index contributed by atoms with van der Waals surface area (Å²) in [7, 11) is -3.63. The van der Waals surface area contributed by atoms with Crippen molar-refractivity contribution >= 4 is 10.0 Å².